The normalized spacial score (nSPS) is 11.9. The van der Waals surface area contributed by atoms with Crippen LogP contribution >= 0.6 is 0 Å². The van der Waals surface area contributed by atoms with Crippen LogP contribution in [0.2, 0.25) is 0 Å². The lowest BCUT2D eigenvalue weighted by Gasteiger charge is -2.20. The molecule has 150 valence electrons. The summed E-state index contributed by atoms with van der Waals surface area (Å²) in [5, 5.41) is 14.8. The molecule has 0 saturated heterocycles. The number of nitrogens with one attached hydrogen (secondary N) is 1. The zero-order valence-electron chi connectivity index (χ0n) is 16.7. The smallest absolute Gasteiger partial charge is 0.220 e. The van der Waals surface area contributed by atoms with Gasteiger partial charge in [0.15, 0.2) is 0 Å². The molecule has 1 unspecified atom stereocenters. The summed E-state index contributed by atoms with van der Waals surface area (Å²) in [5.41, 5.74) is 3.49. The molecule has 4 aromatic rings. The summed E-state index contributed by atoms with van der Waals surface area (Å²) in [4.78, 5) is 17.0. The number of benzene rings is 3. The van der Waals surface area contributed by atoms with Crippen molar-refractivity contribution in [3.05, 3.63) is 108 Å². The molecule has 0 aliphatic heterocycles. The summed E-state index contributed by atoms with van der Waals surface area (Å²) in [6.45, 7) is 0. The van der Waals surface area contributed by atoms with Gasteiger partial charge in [0.1, 0.15) is 11.3 Å². The summed E-state index contributed by atoms with van der Waals surface area (Å²) in [6.07, 6.45) is 3.27. The Morgan fingerprint density at radius 3 is 2.40 bits per heavy atom. The fourth-order valence-corrected chi connectivity index (χ4v) is 3.66. The third kappa shape index (κ3) is 4.66. The molecule has 1 atom stereocenters. The molecule has 3 aromatic carbocycles. The Morgan fingerprint density at radius 1 is 0.900 bits per heavy atom. The third-order valence-electron chi connectivity index (χ3n) is 5.28. The van der Waals surface area contributed by atoms with Gasteiger partial charge in [-0.1, -0.05) is 78.9 Å². The largest absolute Gasteiger partial charge is 0.505 e. The van der Waals surface area contributed by atoms with Crippen LogP contribution in [0.1, 0.15) is 29.2 Å². The molecule has 0 spiro atoms. The van der Waals surface area contributed by atoms with Gasteiger partial charge in [-0.25, -0.2) is 0 Å². The molecule has 30 heavy (non-hydrogen) atoms. The van der Waals surface area contributed by atoms with Gasteiger partial charge in [0, 0.05) is 24.4 Å². The maximum atomic E-state index is 12.7. The number of aromatic nitrogens is 1. The first-order chi connectivity index (χ1) is 14.7. The molecular formula is C26H24N2O2. The van der Waals surface area contributed by atoms with E-state index in [1.54, 1.807) is 6.20 Å². The van der Waals surface area contributed by atoms with E-state index in [1.165, 1.54) is 0 Å². The lowest BCUT2D eigenvalue weighted by Crippen LogP contribution is -2.30. The van der Waals surface area contributed by atoms with Crippen molar-refractivity contribution in [3.63, 3.8) is 0 Å². The van der Waals surface area contributed by atoms with Gasteiger partial charge in [-0.3, -0.25) is 9.78 Å². The Morgan fingerprint density at radius 2 is 1.63 bits per heavy atom. The highest BCUT2D eigenvalue weighted by molar-refractivity contribution is 5.85. The van der Waals surface area contributed by atoms with E-state index in [0.717, 1.165) is 22.1 Å². The number of amides is 1. The molecule has 1 amide bonds. The van der Waals surface area contributed by atoms with Crippen LogP contribution in [0, 0.1) is 0 Å². The molecule has 1 aromatic heterocycles. The second-order valence-corrected chi connectivity index (χ2v) is 7.37. The van der Waals surface area contributed by atoms with Gasteiger partial charge in [0.2, 0.25) is 5.91 Å². The fourth-order valence-electron chi connectivity index (χ4n) is 3.66. The summed E-state index contributed by atoms with van der Waals surface area (Å²) in [5.74, 6) is 0.165. The Kier molecular flexibility index (Phi) is 6.04. The van der Waals surface area contributed by atoms with Crippen LogP contribution in [0.4, 0.5) is 0 Å². The second-order valence-electron chi connectivity index (χ2n) is 7.37. The predicted molar refractivity (Wildman–Crippen MR) is 119 cm³/mol. The molecule has 0 aliphatic carbocycles. The van der Waals surface area contributed by atoms with Crippen LogP contribution in [-0.4, -0.2) is 16.0 Å². The maximum absolute atomic E-state index is 12.7. The third-order valence-corrected chi connectivity index (χ3v) is 5.28. The minimum atomic E-state index is -0.235. The Hall–Kier alpha value is -3.66. The van der Waals surface area contributed by atoms with Crippen molar-refractivity contribution in [2.75, 3.05) is 0 Å². The summed E-state index contributed by atoms with van der Waals surface area (Å²) in [7, 11) is 0. The number of carbonyl (C=O) groups excluding carboxylic acids is 1. The Labute approximate surface area is 176 Å². The zero-order chi connectivity index (χ0) is 20.8. The number of hydrogen-bond donors (Lipinski definition) is 2. The number of fused-ring (bicyclic) bond motifs is 1. The summed E-state index contributed by atoms with van der Waals surface area (Å²) >= 11 is 0. The quantitative estimate of drug-likeness (QED) is 0.463. The highest BCUT2D eigenvalue weighted by atomic mass is 16.3. The van der Waals surface area contributed by atoms with Gasteiger partial charge in [-0.2, -0.15) is 0 Å². The average Bonchev–Trinajstić information content (AvgIpc) is 2.80. The lowest BCUT2D eigenvalue weighted by molar-refractivity contribution is -0.121. The molecule has 0 saturated carbocycles. The molecule has 2 N–H and O–H groups in total. The topological polar surface area (TPSA) is 62.2 Å². The van der Waals surface area contributed by atoms with E-state index in [0.29, 0.717) is 24.8 Å². The number of pyridine rings is 1. The Bertz CT molecular complexity index is 1130. The highest BCUT2D eigenvalue weighted by Crippen LogP contribution is 2.30. The van der Waals surface area contributed by atoms with Crippen molar-refractivity contribution in [2.45, 2.75) is 25.3 Å². The number of aryl methyl sites for hydroxylation is 1. The summed E-state index contributed by atoms with van der Waals surface area (Å²) in [6, 6.07) is 27.3. The molecule has 0 radical (unpaired) electrons. The van der Waals surface area contributed by atoms with Crippen molar-refractivity contribution >= 4 is 16.8 Å². The van der Waals surface area contributed by atoms with Gasteiger partial charge in [-0.15, -0.1) is 0 Å². The number of nitrogens with zero attached hydrogens (tertiary/aromatic N) is 1. The zero-order valence-corrected chi connectivity index (χ0v) is 16.7. The molecule has 4 heteroatoms. The van der Waals surface area contributed by atoms with E-state index in [2.05, 4.69) is 10.3 Å². The lowest BCUT2D eigenvalue weighted by atomic mass is 9.96. The van der Waals surface area contributed by atoms with Crippen molar-refractivity contribution in [1.29, 1.82) is 0 Å². The predicted octanol–water partition coefficient (Wildman–Crippen LogP) is 4.97. The standard InChI is InChI=1S/C26H24N2O2/c29-24(16-13-19-8-3-1-4-9-19)28-23(20-10-5-2-6-11-20)18-22-15-14-21-12-7-17-27-25(21)26(22)30/h1-12,14-15,17,23,30H,13,16,18H2,(H,28,29). The van der Waals surface area contributed by atoms with Crippen LogP contribution in [0.25, 0.3) is 10.9 Å². The Balaban J connectivity index is 1.53. The van der Waals surface area contributed by atoms with Crippen molar-refractivity contribution in [3.8, 4) is 5.75 Å². The van der Waals surface area contributed by atoms with E-state index < -0.39 is 0 Å². The summed E-state index contributed by atoms with van der Waals surface area (Å²) < 4.78 is 0. The van der Waals surface area contributed by atoms with Crippen LogP contribution in [0.5, 0.6) is 5.75 Å². The van der Waals surface area contributed by atoms with Crippen LogP contribution in [0.15, 0.2) is 91.1 Å². The number of carbonyl (C=O) groups is 1. The van der Waals surface area contributed by atoms with Crippen molar-refractivity contribution < 1.29 is 9.90 Å². The molecule has 1 heterocycles. The number of aromatic hydroxyl groups is 1. The first-order valence-corrected chi connectivity index (χ1v) is 10.1. The molecule has 4 nitrogen and oxygen atoms in total. The number of phenolic OH excluding ortho intramolecular Hbond substituents is 1. The van der Waals surface area contributed by atoms with E-state index in [9.17, 15) is 9.90 Å². The fraction of sp³-hybridized carbons (Fsp3) is 0.154. The van der Waals surface area contributed by atoms with E-state index >= 15 is 0 Å². The molecule has 0 aliphatic rings. The van der Waals surface area contributed by atoms with Gasteiger partial charge < -0.3 is 10.4 Å². The monoisotopic (exact) mass is 396 g/mol. The van der Waals surface area contributed by atoms with E-state index in [1.807, 2.05) is 84.9 Å². The number of rotatable bonds is 7. The van der Waals surface area contributed by atoms with Gasteiger partial charge in [-0.05, 0) is 29.2 Å². The SMILES string of the molecule is O=C(CCc1ccccc1)NC(Cc1ccc2cccnc2c1O)c1ccccc1. The first kappa shape index (κ1) is 19.6. The minimum absolute atomic E-state index is 0.00823. The minimum Gasteiger partial charge on any atom is -0.505 e. The first-order valence-electron chi connectivity index (χ1n) is 10.1. The molecule has 4 rings (SSSR count). The van der Waals surface area contributed by atoms with Crippen molar-refractivity contribution in [2.24, 2.45) is 0 Å². The number of phenols is 1. The molecule has 0 bridgehead atoms. The number of hydrogen-bond acceptors (Lipinski definition) is 3. The van der Waals surface area contributed by atoms with Crippen molar-refractivity contribution in [1.82, 2.24) is 10.3 Å². The van der Waals surface area contributed by atoms with Crippen LogP contribution < -0.4 is 5.32 Å². The molecule has 0 fully saturated rings. The maximum Gasteiger partial charge on any atom is 0.220 e. The molecular weight excluding hydrogens is 372 g/mol. The van der Waals surface area contributed by atoms with Gasteiger partial charge in [0.05, 0.1) is 6.04 Å². The van der Waals surface area contributed by atoms with Crippen LogP contribution in [-0.2, 0) is 17.6 Å². The van der Waals surface area contributed by atoms with E-state index in [4.69, 9.17) is 0 Å². The van der Waals surface area contributed by atoms with Crippen LogP contribution in [0.3, 0.4) is 0 Å². The second kappa shape index (κ2) is 9.23. The highest BCUT2D eigenvalue weighted by Gasteiger charge is 2.18. The van der Waals surface area contributed by atoms with Gasteiger partial charge in [0.25, 0.3) is 0 Å². The van der Waals surface area contributed by atoms with E-state index in [-0.39, 0.29) is 17.7 Å². The average molecular weight is 396 g/mol. The van der Waals surface area contributed by atoms with Gasteiger partial charge >= 0.3 is 0 Å².